The van der Waals surface area contributed by atoms with E-state index in [0.717, 1.165) is 92.7 Å². The first-order valence-electron chi connectivity index (χ1n) is 20.7. The van der Waals surface area contributed by atoms with Gasteiger partial charge in [-0.1, -0.05) is 64.1 Å². The minimum absolute atomic E-state index is 0.0964. The van der Waals surface area contributed by atoms with Gasteiger partial charge in [0.1, 0.15) is 23.7 Å². The Kier molecular flexibility index (Phi) is 9.67. The summed E-state index contributed by atoms with van der Waals surface area (Å²) >= 11 is 0. The summed E-state index contributed by atoms with van der Waals surface area (Å²) in [5, 5.41) is 18.7. The Morgan fingerprint density at radius 3 is 1.95 bits per heavy atom. The smallest absolute Gasteiger partial charge is 0.407 e. The second-order valence-electron chi connectivity index (χ2n) is 17.2. The minimum Gasteiger partial charge on any atom is -0.465 e. The van der Waals surface area contributed by atoms with Crippen LogP contribution < -0.4 is 10.6 Å². The molecule has 2 aromatic heterocycles. The minimum atomic E-state index is -1.21. The van der Waals surface area contributed by atoms with E-state index >= 15 is 0 Å². The molecule has 1 saturated carbocycles. The van der Waals surface area contributed by atoms with Crippen LogP contribution in [0.2, 0.25) is 0 Å². The van der Waals surface area contributed by atoms with Crippen LogP contribution in [-0.4, -0.2) is 90.6 Å². The van der Waals surface area contributed by atoms with Crippen LogP contribution >= 0.6 is 0 Å². The highest BCUT2D eigenvalue weighted by atomic mass is 16.5. The van der Waals surface area contributed by atoms with Gasteiger partial charge in [0.05, 0.1) is 41.3 Å². The van der Waals surface area contributed by atoms with Crippen molar-refractivity contribution < 1.29 is 29.0 Å². The molecule has 3 fully saturated rings. The van der Waals surface area contributed by atoms with Gasteiger partial charge < -0.3 is 40.2 Å². The lowest BCUT2D eigenvalue weighted by molar-refractivity contribution is -0.139. The first-order chi connectivity index (χ1) is 28.4. The summed E-state index contributed by atoms with van der Waals surface area (Å²) in [6.45, 7) is 8.09. The number of carboxylic acid groups (broad SMARTS) is 1. The summed E-state index contributed by atoms with van der Waals surface area (Å²) in [4.78, 5) is 72.3. The number of benzene rings is 4. The fraction of sp³-hybridized carbons (Fsp3) is 0.422. The lowest BCUT2D eigenvalue weighted by Gasteiger charge is -2.37. The van der Waals surface area contributed by atoms with E-state index < -0.39 is 24.3 Å². The Bertz CT molecular complexity index is 2650. The summed E-state index contributed by atoms with van der Waals surface area (Å²) in [6.07, 6.45) is 2.63. The topological polar surface area (TPSA) is 186 Å². The molecule has 5 N–H and O–H groups in total. The Hall–Kier alpha value is -6.18. The summed E-state index contributed by atoms with van der Waals surface area (Å²) in [5.41, 5.74) is 5.62. The lowest BCUT2D eigenvalue weighted by Crippen LogP contribution is -2.54. The van der Waals surface area contributed by atoms with Crippen molar-refractivity contribution in [1.82, 2.24) is 40.4 Å². The van der Waals surface area contributed by atoms with Crippen molar-refractivity contribution in [2.75, 3.05) is 13.7 Å². The Labute approximate surface area is 341 Å². The molecule has 0 radical (unpaired) electrons. The number of H-pyrrole nitrogens is 2. The molecule has 2 aliphatic heterocycles. The number of alkyl carbamates (subject to hydrolysis) is 1. The molecule has 9 rings (SSSR count). The number of piperidine rings is 1. The normalized spacial score (nSPS) is 21.3. The van der Waals surface area contributed by atoms with Gasteiger partial charge in [-0.3, -0.25) is 9.59 Å². The van der Waals surface area contributed by atoms with E-state index in [2.05, 4.69) is 75.2 Å². The number of aromatic amines is 2. The van der Waals surface area contributed by atoms with E-state index in [0.29, 0.717) is 18.3 Å². The molecular formula is C45H50N8O6. The van der Waals surface area contributed by atoms with Crippen molar-refractivity contribution in [3.05, 3.63) is 72.3 Å². The molecular weight excluding hydrogens is 749 g/mol. The van der Waals surface area contributed by atoms with Crippen LogP contribution in [0.1, 0.15) is 83.5 Å². The molecule has 14 nitrogen and oxygen atoms in total. The third kappa shape index (κ3) is 6.67. The molecule has 6 aromatic rings. The highest BCUT2D eigenvalue weighted by Crippen LogP contribution is 2.50. The van der Waals surface area contributed by atoms with Crippen LogP contribution in [0.3, 0.4) is 0 Å². The zero-order valence-electron chi connectivity index (χ0n) is 33.9. The Balaban J connectivity index is 0.992. The van der Waals surface area contributed by atoms with E-state index in [9.17, 15) is 24.3 Å². The highest BCUT2D eigenvalue weighted by Gasteiger charge is 2.51. The van der Waals surface area contributed by atoms with Crippen LogP contribution in [0.4, 0.5) is 9.59 Å². The van der Waals surface area contributed by atoms with Gasteiger partial charge >= 0.3 is 12.2 Å². The maximum Gasteiger partial charge on any atom is 0.407 e. The molecule has 14 heteroatoms. The summed E-state index contributed by atoms with van der Waals surface area (Å²) in [6, 6.07) is 19.2. The van der Waals surface area contributed by atoms with Gasteiger partial charge in [-0.05, 0) is 96.0 Å². The molecule has 306 valence electrons. The maximum atomic E-state index is 14.1. The number of ether oxygens (including phenoxy) is 1. The second kappa shape index (κ2) is 14.9. The number of nitrogens with one attached hydrogen (secondary N) is 4. The van der Waals surface area contributed by atoms with Crippen LogP contribution in [0.5, 0.6) is 0 Å². The van der Waals surface area contributed by atoms with Gasteiger partial charge in [-0.15, -0.1) is 0 Å². The van der Waals surface area contributed by atoms with E-state index in [1.54, 1.807) is 4.90 Å². The number of rotatable bonds is 9. The number of aromatic nitrogens is 4. The molecule has 2 bridgehead atoms. The van der Waals surface area contributed by atoms with E-state index in [-0.39, 0.29) is 41.8 Å². The molecule has 4 aromatic carbocycles. The van der Waals surface area contributed by atoms with Crippen molar-refractivity contribution in [2.24, 2.45) is 17.8 Å². The average Bonchev–Trinajstić information content (AvgIpc) is 4.08. The van der Waals surface area contributed by atoms with Gasteiger partial charge in [0.2, 0.25) is 11.8 Å². The zero-order valence-corrected chi connectivity index (χ0v) is 33.9. The van der Waals surface area contributed by atoms with Crippen LogP contribution in [0, 0.1) is 17.8 Å². The largest absolute Gasteiger partial charge is 0.465 e. The zero-order chi connectivity index (χ0) is 41.3. The van der Waals surface area contributed by atoms with Crippen LogP contribution in [0.25, 0.3) is 54.7 Å². The average molecular weight is 799 g/mol. The van der Waals surface area contributed by atoms with Crippen LogP contribution in [-0.2, 0) is 14.3 Å². The first-order valence-corrected chi connectivity index (χ1v) is 20.7. The highest BCUT2D eigenvalue weighted by molar-refractivity contribution is 6.07. The molecule has 6 atom stereocenters. The van der Waals surface area contributed by atoms with Gasteiger partial charge in [0, 0.05) is 23.4 Å². The third-order valence-corrected chi connectivity index (χ3v) is 12.9. The molecule has 3 aliphatic rings. The van der Waals surface area contributed by atoms with Crippen molar-refractivity contribution in [3.8, 4) is 11.1 Å². The summed E-state index contributed by atoms with van der Waals surface area (Å²) < 4.78 is 4.85. The number of imidazole rings is 2. The van der Waals surface area contributed by atoms with Crippen LogP contribution in [0.15, 0.2) is 60.7 Å². The SMILES string of the molecule is COC(=O)NC(C(=O)N1[C@@H]2CC[C@@H](C2)[C@H]1c1nc2c(ccc3cc(-c4ccc5c(ccc6[nH]c([C@@H]7CCCN7C(=O)C(NC(=O)O)C(C)C)nc65)c4)ccc32)[nH]1)C(C)C. The van der Waals surface area contributed by atoms with Gasteiger partial charge in [0.15, 0.2) is 0 Å². The van der Waals surface area contributed by atoms with E-state index in [1.165, 1.54) is 7.11 Å². The molecule has 0 spiro atoms. The van der Waals surface area contributed by atoms with Gasteiger partial charge in [-0.25, -0.2) is 19.6 Å². The number of fused-ring (bicyclic) bond motifs is 8. The number of hydrogen-bond acceptors (Lipinski definition) is 7. The Morgan fingerprint density at radius 2 is 1.36 bits per heavy atom. The lowest BCUT2D eigenvalue weighted by atomic mass is 9.95. The Morgan fingerprint density at radius 1 is 0.763 bits per heavy atom. The standard InChI is InChI=1S/C45H50N8O6/c1-22(2)35(50-44(56)57)42(54)52-18-6-7-34(52)40-46-32-16-11-26-19-24(9-14-30(26)37(32)48-40)25-10-15-31-27(20-25)12-17-33-38(31)49-41(47-33)39-28-8-13-29(21-28)53(39)43(55)36(23(3)4)51-45(58)59-5/h9-12,14-17,19-20,22-23,28-29,34-36,39,50H,6-8,13,18,21H2,1-5H3,(H,46,48)(H,47,49)(H,51,58)(H,56,57)/t28-,29+,34-,35?,36?,39-/m0/s1. The number of likely N-dealkylation sites (tertiary alicyclic amines) is 2. The number of carbonyl (C=O) groups excluding carboxylic acids is 3. The molecule has 59 heavy (non-hydrogen) atoms. The molecule has 4 heterocycles. The summed E-state index contributed by atoms with van der Waals surface area (Å²) in [7, 11) is 1.31. The number of nitrogens with zero attached hydrogens (tertiary/aromatic N) is 4. The van der Waals surface area contributed by atoms with E-state index in [1.807, 2.05) is 38.7 Å². The number of carbonyl (C=O) groups is 4. The molecule has 1 aliphatic carbocycles. The van der Waals surface area contributed by atoms with Crippen molar-refractivity contribution in [1.29, 1.82) is 0 Å². The predicted octanol–water partition coefficient (Wildman–Crippen LogP) is 7.80. The first kappa shape index (κ1) is 38.3. The third-order valence-electron chi connectivity index (χ3n) is 12.9. The number of methoxy groups -OCH3 is 1. The fourth-order valence-electron chi connectivity index (χ4n) is 9.96. The summed E-state index contributed by atoms with van der Waals surface area (Å²) in [5.74, 6) is 1.15. The van der Waals surface area contributed by atoms with Gasteiger partial charge in [-0.2, -0.15) is 0 Å². The number of hydrogen-bond donors (Lipinski definition) is 5. The van der Waals surface area contributed by atoms with E-state index in [4.69, 9.17) is 14.7 Å². The fourth-order valence-corrected chi connectivity index (χ4v) is 9.96. The number of amides is 4. The maximum absolute atomic E-state index is 14.1. The quantitative estimate of drug-likeness (QED) is 0.0981. The molecule has 2 unspecified atom stereocenters. The molecule has 4 amide bonds. The van der Waals surface area contributed by atoms with Gasteiger partial charge in [0.25, 0.3) is 0 Å². The molecule has 2 saturated heterocycles. The predicted molar refractivity (Wildman–Crippen MR) is 225 cm³/mol. The second-order valence-corrected chi connectivity index (χ2v) is 17.2. The monoisotopic (exact) mass is 798 g/mol. The van der Waals surface area contributed by atoms with Crippen molar-refractivity contribution in [2.45, 2.75) is 90.0 Å². The van der Waals surface area contributed by atoms with Crippen molar-refractivity contribution in [3.63, 3.8) is 0 Å². The van der Waals surface area contributed by atoms with Crippen molar-refractivity contribution >= 4 is 67.6 Å².